The average molecular weight is 261 g/mol. The minimum absolute atomic E-state index is 0.170. The van der Waals surface area contributed by atoms with Gasteiger partial charge < -0.3 is 14.8 Å². The Morgan fingerprint density at radius 2 is 2.32 bits per heavy atom. The molecule has 0 aliphatic carbocycles. The summed E-state index contributed by atoms with van der Waals surface area (Å²) in [7, 11) is 0. The number of ether oxygens (including phenoxy) is 2. The third-order valence-corrected chi connectivity index (χ3v) is 4.15. The summed E-state index contributed by atoms with van der Waals surface area (Å²) in [5.41, 5.74) is 2.76. The molecule has 2 aliphatic heterocycles. The zero-order valence-electron chi connectivity index (χ0n) is 11.7. The van der Waals surface area contributed by atoms with E-state index in [0.29, 0.717) is 0 Å². The molecule has 3 nitrogen and oxygen atoms in total. The minimum atomic E-state index is 0.170. The van der Waals surface area contributed by atoms with Crippen molar-refractivity contribution >= 4 is 5.69 Å². The standard InChI is InChI=1S/C16H23NO2/c1-16(8-4-10-18-11-16)12-19-15-7-2-6-14-13(15)5-3-9-17-14/h2,6-7,17H,3-5,8-12H2,1H3. The van der Waals surface area contributed by atoms with Crippen LogP contribution in [0.25, 0.3) is 0 Å². The highest BCUT2D eigenvalue weighted by molar-refractivity contribution is 5.59. The van der Waals surface area contributed by atoms with Crippen LogP contribution in [0, 0.1) is 5.41 Å². The highest BCUT2D eigenvalue weighted by Gasteiger charge is 2.29. The normalized spacial score (nSPS) is 26.4. The molecule has 3 heteroatoms. The first-order valence-electron chi connectivity index (χ1n) is 7.33. The maximum absolute atomic E-state index is 6.13. The van der Waals surface area contributed by atoms with Gasteiger partial charge in [-0.15, -0.1) is 0 Å². The van der Waals surface area contributed by atoms with E-state index in [1.54, 1.807) is 0 Å². The summed E-state index contributed by atoms with van der Waals surface area (Å²) in [6.07, 6.45) is 4.65. The molecular formula is C16H23NO2. The summed E-state index contributed by atoms with van der Waals surface area (Å²) in [6, 6.07) is 6.32. The number of rotatable bonds is 3. The van der Waals surface area contributed by atoms with E-state index in [2.05, 4.69) is 30.4 Å². The van der Waals surface area contributed by atoms with E-state index in [1.165, 1.54) is 24.1 Å². The number of benzene rings is 1. The van der Waals surface area contributed by atoms with E-state index in [-0.39, 0.29) is 5.41 Å². The lowest BCUT2D eigenvalue weighted by Crippen LogP contribution is -2.34. The first kappa shape index (κ1) is 12.8. The first-order chi connectivity index (χ1) is 9.27. The zero-order chi connectivity index (χ0) is 13.1. The van der Waals surface area contributed by atoms with Gasteiger partial charge in [0.25, 0.3) is 0 Å². The predicted molar refractivity (Wildman–Crippen MR) is 76.9 cm³/mol. The number of hydrogen-bond donors (Lipinski definition) is 1. The van der Waals surface area contributed by atoms with Gasteiger partial charge in [0.1, 0.15) is 5.75 Å². The van der Waals surface area contributed by atoms with Crippen LogP contribution in [0.1, 0.15) is 31.7 Å². The molecular weight excluding hydrogens is 238 g/mol. The maximum atomic E-state index is 6.13. The van der Waals surface area contributed by atoms with Gasteiger partial charge in [0.2, 0.25) is 0 Å². The zero-order valence-corrected chi connectivity index (χ0v) is 11.7. The fraction of sp³-hybridized carbons (Fsp3) is 0.625. The smallest absolute Gasteiger partial charge is 0.124 e. The minimum Gasteiger partial charge on any atom is -0.493 e. The summed E-state index contributed by atoms with van der Waals surface area (Å²) in [4.78, 5) is 0. The Balaban J connectivity index is 1.69. The Bertz CT molecular complexity index is 438. The van der Waals surface area contributed by atoms with Crippen LogP contribution in [0.15, 0.2) is 18.2 Å². The Morgan fingerprint density at radius 3 is 3.16 bits per heavy atom. The van der Waals surface area contributed by atoms with Gasteiger partial charge in [0.15, 0.2) is 0 Å². The summed E-state index contributed by atoms with van der Waals surface area (Å²) in [5.74, 6) is 1.05. The topological polar surface area (TPSA) is 30.5 Å². The van der Waals surface area contributed by atoms with Crippen LogP contribution in [-0.4, -0.2) is 26.4 Å². The Hall–Kier alpha value is -1.22. The molecule has 0 saturated carbocycles. The summed E-state index contributed by atoms with van der Waals surface area (Å²) >= 11 is 0. The molecule has 1 aromatic rings. The lowest BCUT2D eigenvalue weighted by Gasteiger charge is -2.33. The molecule has 2 aliphatic rings. The second-order valence-electron chi connectivity index (χ2n) is 6.07. The SMILES string of the molecule is CC1(COc2cccc3c2CCCN3)CCCOC1. The molecule has 1 saturated heterocycles. The van der Waals surface area contributed by atoms with E-state index in [0.717, 1.165) is 45.0 Å². The number of hydrogen-bond acceptors (Lipinski definition) is 3. The Morgan fingerprint density at radius 1 is 1.37 bits per heavy atom. The Kier molecular flexibility index (Phi) is 3.65. The second-order valence-corrected chi connectivity index (χ2v) is 6.07. The Labute approximate surface area is 115 Å². The van der Waals surface area contributed by atoms with Crippen molar-refractivity contribution in [3.05, 3.63) is 23.8 Å². The molecule has 104 valence electrons. The van der Waals surface area contributed by atoms with Gasteiger partial charge in [0.05, 0.1) is 13.2 Å². The molecule has 3 rings (SSSR count). The molecule has 0 aromatic heterocycles. The molecule has 0 bridgehead atoms. The first-order valence-corrected chi connectivity index (χ1v) is 7.33. The van der Waals surface area contributed by atoms with Crippen molar-refractivity contribution in [2.24, 2.45) is 5.41 Å². The van der Waals surface area contributed by atoms with E-state index in [1.807, 2.05) is 0 Å². The summed E-state index contributed by atoms with van der Waals surface area (Å²) < 4.78 is 11.7. The van der Waals surface area contributed by atoms with E-state index < -0.39 is 0 Å². The number of anilines is 1. The molecule has 1 unspecified atom stereocenters. The molecule has 1 N–H and O–H groups in total. The monoisotopic (exact) mass is 261 g/mol. The van der Waals surface area contributed by atoms with Crippen molar-refractivity contribution in [2.45, 2.75) is 32.6 Å². The largest absolute Gasteiger partial charge is 0.493 e. The fourth-order valence-corrected chi connectivity index (χ4v) is 2.97. The van der Waals surface area contributed by atoms with Crippen LogP contribution in [-0.2, 0) is 11.2 Å². The van der Waals surface area contributed by atoms with Gasteiger partial charge in [-0.25, -0.2) is 0 Å². The molecule has 19 heavy (non-hydrogen) atoms. The van der Waals surface area contributed by atoms with Crippen LogP contribution in [0.2, 0.25) is 0 Å². The van der Waals surface area contributed by atoms with Gasteiger partial charge in [-0.05, 0) is 37.8 Å². The van der Waals surface area contributed by atoms with Crippen LogP contribution in [0.3, 0.4) is 0 Å². The van der Waals surface area contributed by atoms with Gasteiger partial charge in [0, 0.05) is 29.8 Å². The molecule has 1 atom stereocenters. The van der Waals surface area contributed by atoms with Crippen molar-refractivity contribution in [1.29, 1.82) is 0 Å². The molecule has 2 heterocycles. The number of fused-ring (bicyclic) bond motifs is 1. The van der Waals surface area contributed by atoms with Crippen molar-refractivity contribution < 1.29 is 9.47 Å². The van der Waals surface area contributed by atoms with Crippen molar-refractivity contribution in [1.82, 2.24) is 0 Å². The van der Waals surface area contributed by atoms with Gasteiger partial charge >= 0.3 is 0 Å². The molecule has 1 aromatic carbocycles. The van der Waals surface area contributed by atoms with Crippen LogP contribution in [0.4, 0.5) is 5.69 Å². The van der Waals surface area contributed by atoms with Gasteiger partial charge in [-0.2, -0.15) is 0 Å². The lowest BCUT2D eigenvalue weighted by atomic mass is 9.86. The van der Waals surface area contributed by atoms with Gasteiger partial charge in [-0.3, -0.25) is 0 Å². The average Bonchev–Trinajstić information content (AvgIpc) is 2.46. The van der Waals surface area contributed by atoms with E-state index >= 15 is 0 Å². The predicted octanol–water partition coefficient (Wildman–Crippen LogP) is 3.24. The third kappa shape index (κ3) is 2.86. The maximum Gasteiger partial charge on any atom is 0.124 e. The van der Waals surface area contributed by atoms with Crippen molar-refractivity contribution in [3.8, 4) is 5.75 Å². The van der Waals surface area contributed by atoms with Gasteiger partial charge in [-0.1, -0.05) is 13.0 Å². The second kappa shape index (κ2) is 5.41. The fourth-order valence-electron chi connectivity index (χ4n) is 2.97. The molecule has 0 amide bonds. The summed E-state index contributed by atoms with van der Waals surface area (Å²) in [6.45, 7) is 5.81. The lowest BCUT2D eigenvalue weighted by molar-refractivity contribution is -0.0216. The van der Waals surface area contributed by atoms with Crippen LogP contribution < -0.4 is 10.1 Å². The third-order valence-electron chi connectivity index (χ3n) is 4.15. The highest BCUT2D eigenvalue weighted by atomic mass is 16.5. The molecule has 0 spiro atoms. The van der Waals surface area contributed by atoms with E-state index in [4.69, 9.17) is 9.47 Å². The van der Waals surface area contributed by atoms with Crippen LogP contribution in [0.5, 0.6) is 5.75 Å². The van der Waals surface area contributed by atoms with Crippen molar-refractivity contribution in [3.63, 3.8) is 0 Å². The summed E-state index contributed by atoms with van der Waals surface area (Å²) in [5, 5.41) is 3.45. The highest BCUT2D eigenvalue weighted by Crippen LogP contribution is 2.33. The quantitative estimate of drug-likeness (QED) is 0.906. The molecule has 0 radical (unpaired) electrons. The molecule has 1 fully saturated rings. The van der Waals surface area contributed by atoms with Crippen molar-refractivity contribution in [2.75, 3.05) is 31.7 Å². The van der Waals surface area contributed by atoms with Crippen LogP contribution >= 0.6 is 0 Å². The van der Waals surface area contributed by atoms with E-state index in [9.17, 15) is 0 Å². The number of nitrogens with one attached hydrogen (secondary N) is 1.